The van der Waals surface area contributed by atoms with Crippen molar-refractivity contribution in [3.63, 3.8) is 0 Å². The van der Waals surface area contributed by atoms with E-state index in [1.807, 2.05) is 0 Å². The van der Waals surface area contributed by atoms with Crippen molar-refractivity contribution in [3.05, 3.63) is 52.3 Å². The molecule has 3 N–H and O–H groups in total. The van der Waals surface area contributed by atoms with Crippen LogP contribution in [0.15, 0.2) is 29.2 Å². The molecule has 0 spiro atoms. The molecule has 1 aromatic carbocycles. The maximum absolute atomic E-state index is 12.6. The lowest BCUT2D eigenvalue weighted by atomic mass is 10.0. The molecule has 0 saturated heterocycles. The molecule has 0 amide bonds. The summed E-state index contributed by atoms with van der Waals surface area (Å²) in [6, 6.07) is 5.02. The molecule has 0 radical (unpaired) electrons. The van der Waals surface area contributed by atoms with Crippen molar-refractivity contribution in [1.29, 1.82) is 0 Å². The molecule has 0 bridgehead atoms. The minimum atomic E-state index is -3.97. The normalized spacial score (nSPS) is 12.5. The average Bonchev–Trinajstić information content (AvgIpc) is 2.87. The maximum Gasteiger partial charge on any atom is 0.338 e. The van der Waals surface area contributed by atoms with Gasteiger partial charge in [0.1, 0.15) is 0 Å². The topological polar surface area (TPSA) is 136 Å². The highest BCUT2D eigenvalue weighted by Crippen LogP contribution is 2.21. The highest BCUT2D eigenvalue weighted by Gasteiger charge is 2.26. The van der Waals surface area contributed by atoms with Crippen LogP contribution in [-0.2, 0) is 14.8 Å². The quantitative estimate of drug-likeness (QED) is 0.569. The third-order valence-electron chi connectivity index (χ3n) is 4.09. The standard InChI is InChI=1S/C18H20N2O6S/c1-9-15(11(3)21)10(2)20-16(9)17(22)12(4)26-18(23)13-6-5-7-14(8-13)27(19,24)25/h5-8,12,20H,1-4H3,(H2,19,24,25)/t12-/m1/s1. The summed E-state index contributed by atoms with van der Waals surface area (Å²) < 4.78 is 27.9. The number of ether oxygens (including phenoxy) is 1. The van der Waals surface area contributed by atoms with Crippen LogP contribution in [0.1, 0.15) is 56.3 Å². The Hall–Kier alpha value is -2.78. The maximum atomic E-state index is 12.6. The summed E-state index contributed by atoms with van der Waals surface area (Å²) in [6.45, 7) is 6.11. The molecule has 0 aliphatic carbocycles. The Balaban J connectivity index is 2.24. The highest BCUT2D eigenvalue weighted by atomic mass is 32.2. The first-order chi connectivity index (χ1) is 12.4. The van der Waals surface area contributed by atoms with Crippen LogP contribution in [-0.4, -0.2) is 37.0 Å². The van der Waals surface area contributed by atoms with E-state index >= 15 is 0 Å². The van der Waals surface area contributed by atoms with E-state index in [0.29, 0.717) is 16.8 Å². The van der Waals surface area contributed by atoms with E-state index in [-0.39, 0.29) is 21.9 Å². The van der Waals surface area contributed by atoms with E-state index in [1.165, 1.54) is 32.0 Å². The number of ketones is 2. The fourth-order valence-electron chi connectivity index (χ4n) is 2.81. The van der Waals surface area contributed by atoms with Crippen molar-refractivity contribution >= 4 is 27.6 Å². The van der Waals surface area contributed by atoms with Gasteiger partial charge in [-0.05, 0) is 51.5 Å². The predicted molar refractivity (Wildman–Crippen MR) is 97.3 cm³/mol. The zero-order valence-corrected chi connectivity index (χ0v) is 16.1. The molecule has 2 rings (SSSR count). The molecule has 8 nitrogen and oxygen atoms in total. The van der Waals surface area contributed by atoms with Gasteiger partial charge < -0.3 is 9.72 Å². The number of esters is 1. The lowest BCUT2D eigenvalue weighted by Gasteiger charge is -2.12. The van der Waals surface area contributed by atoms with Gasteiger partial charge in [-0.25, -0.2) is 18.4 Å². The van der Waals surface area contributed by atoms with Crippen molar-refractivity contribution in [1.82, 2.24) is 4.98 Å². The number of carbonyl (C=O) groups is 3. The summed E-state index contributed by atoms with van der Waals surface area (Å²) in [5.74, 6) is -1.54. The molecule has 144 valence electrons. The molecule has 0 saturated carbocycles. The lowest BCUT2D eigenvalue weighted by Crippen LogP contribution is -2.25. The molecule has 1 heterocycles. The number of Topliss-reactive ketones (excluding diaryl/α,β-unsaturated/α-hetero) is 2. The summed E-state index contributed by atoms with van der Waals surface area (Å²) >= 11 is 0. The summed E-state index contributed by atoms with van der Waals surface area (Å²) in [4.78, 5) is 39.2. The second-order valence-corrected chi connectivity index (χ2v) is 7.73. The number of aryl methyl sites for hydroxylation is 1. The van der Waals surface area contributed by atoms with E-state index in [2.05, 4.69) is 4.98 Å². The number of nitrogens with two attached hydrogens (primary N) is 1. The number of aromatic nitrogens is 1. The first kappa shape index (κ1) is 20.5. The molecular weight excluding hydrogens is 372 g/mol. The van der Waals surface area contributed by atoms with Gasteiger partial charge in [0.05, 0.1) is 16.2 Å². The second-order valence-electron chi connectivity index (χ2n) is 6.17. The van der Waals surface area contributed by atoms with Crippen molar-refractivity contribution in [2.75, 3.05) is 0 Å². The number of nitrogens with one attached hydrogen (secondary N) is 1. The average molecular weight is 392 g/mol. The third kappa shape index (κ3) is 4.32. The highest BCUT2D eigenvalue weighted by molar-refractivity contribution is 7.89. The minimum Gasteiger partial charge on any atom is -0.451 e. The van der Waals surface area contributed by atoms with Gasteiger partial charge in [-0.2, -0.15) is 0 Å². The van der Waals surface area contributed by atoms with E-state index in [4.69, 9.17) is 9.88 Å². The molecule has 0 aliphatic rings. The first-order valence-corrected chi connectivity index (χ1v) is 9.56. The Morgan fingerprint density at radius 3 is 2.33 bits per heavy atom. The lowest BCUT2D eigenvalue weighted by molar-refractivity contribution is 0.0316. The molecule has 0 fully saturated rings. The van der Waals surface area contributed by atoms with Gasteiger partial charge in [-0.15, -0.1) is 0 Å². The van der Waals surface area contributed by atoms with E-state index in [9.17, 15) is 22.8 Å². The number of carbonyl (C=O) groups excluding carboxylic acids is 3. The number of sulfonamides is 1. The third-order valence-corrected chi connectivity index (χ3v) is 5.00. The Kier molecular flexibility index (Phi) is 5.67. The zero-order valence-electron chi connectivity index (χ0n) is 15.3. The van der Waals surface area contributed by atoms with Gasteiger partial charge >= 0.3 is 5.97 Å². The van der Waals surface area contributed by atoms with E-state index < -0.39 is 27.9 Å². The van der Waals surface area contributed by atoms with E-state index in [1.54, 1.807) is 13.8 Å². The van der Waals surface area contributed by atoms with Crippen LogP contribution >= 0.6 is 0 Å². The number of H-pyrrole nitrogens is 1. The van der Waals surface area contributed by atoms with Crippen LogP contribution in [0.2, 0.25) is 0 Å². The van der Waals surface area contributed by atoms with Crippen molar-refractivity contribution in [2.24, 2.45) is 5.14 Å². The number of hydrogen-bond acceptors (Lipinski definition) is 6. The number of primary sulfonamides is 1. The Labute approximate surface area is 156 Å². The predicted octanol–water partition coefficient (Wildman–Crippen LogP) is 1.91. The molecule has 0 aliphatic heterocycles. The fraction of sp³-hybridized carbons (Fsp3) is 0.278. The monoisotopic (exact) mass is 392 g/mol. The van der Waals surface area contributed by atoms with Crippen molar-refractivity contribution in [2.45, 2.75) is 38.7 Å². The Bertz CT molecular complexity index is 1040. The summed E-state index contributed by atoms with van der Waals surface area (Å²) in [7, 11) is -3.97. The number of aromatic amines is 1. The number of benzene rings is 1. The van der Waals surface area contributed by atoms with Gasteiger partial charge in [0.15, 0.2) is 11.9 Å². The fourth-order valence-corrected chi connectivity index (χ4v) is 3.37. The molecule has 27 heavy (non-hydrogen) atoms. The van der Waals surface area contributed by atoms with Crippen molar-refractivity contribution in [3.8, 4) is 0 Å². The summed E-state index contributed by atoms with van der Waals surface area (Å²) in [5.41, 5.74) is 1.62. The largest absolute Gasteiger partial charge is 0.451 e. The molecule has 2 aromatic rings. The van der Waals surface area contributed by atoms with Gasteiger partial charge in [0, 0.05) is 11.3 Å². The molecular formula is C18H20N2O6S. The van der Waals surface area contributed by atoms with Gasteiger partial charge in [0.25, 0.3) is 0 Å². The van der Waals surface area contributed by atoms with E-state index in [0.717, 1.165) is 6.07 Å². The SMILES string of the molecule is CC(=O)c1c(C)[nH]c(C(=O)[C@@H](C)OC(=O)c2cccc(S(N)(=O)=O)c2)c1C. The van der Waals surface area contributed by atoms with Crippen LogP contribution < -0.4 is 5.14 Å². The van der Waals surface area contributed by atoms with Crippen LogP contribution in [0, 0.1) is 13.8 Å². The second kappa shape index (κ2) is 7.45. The summed E-state index contributed by atoms with van der Waals surface area (Å²) in [6.07, 6.45) is -1.15. The molecule has 0 unspecified atom stereocenters. The molecule has 1 atom stereocenters. The van der Waals surface area contributed by atoms with Gasteiger partial charge in [-0.3, -0.25) is 9.59 Å². The number of hydrogen-bond donors (Lipinski definition) is 2. The Morgan fingerprint density at radius 1 is 1.19 bits per heavy atom. The van der Waals surface area contributed by atoms with Crippen LogP contribution in [0.4, 0.5) is 0 Å². The minimum absolute atomic E-state index is 0.0509. The zero-order chi connectivity index (χ0) is 20.5. The Morgan fingerprint density at radius 2 is 1.81 bits per heavy atom. The number of rotatable bonds is 6. The van der Waals surface area contributed by atoms with Gasteiger partial charge in [0.2, 0.25) is 15.8 Å². The van der Waals surface area contributed by atoms with Crippen LogP contribution in [0.25, 0.3) is 0 Å². The van der Waals surface area contributed by atoms with Crippen LogP contribution in [0.5, 0.6) is 0 Å². The van der Waals surface area contributed by atoms with Crippen molar-refractivity contribution < 1.29 is 27.5 Å². The first-order valence-electron chi connectivity index (χ1n) is 8.01. The van der Waals surface area contributed by atoms with Gasteiger partial charge in [-0.1, -0.05) is 6.07 Å². The molecule has 9 heteroatoms. The summed E-state index contributed by atoms with van der Waals surface area (Å²) in [5, 5.41) is 5.04. The smallest absolute Gasteiger partial charge is 0.338 e. The molecule has 1 aromatic heterocycles. The van der Waals surface area contributed by atoms with Crippen LogP contribution in [0.3, 0.4) is 0 Å².